The predicted molar refractivity (Wildman–Crippen MR) is 102 cm³/mol. The highest BCUT2D eigenvalue weighted by Gasteiger charge is 2.36. The number of aryl methyl sites for hydroxylation is 1. The maximum atomic E-state index is 13.4. The minimum atomic E-state index is -4.68. The molecule has 2 atom stereocenters. The fourth-order valence-corrected chi connectivity index (χ4v) is 3.99. The maximum absolute atomic E-state index is 13.4. The number of fused-ring (bicyclic) bond motifs is 1. The third-order valence-corrected chi connectivity index (χ3v) is 5.64. The highest BCUT2D eigenvalue weighted by Crippen LogP contribution is 2.35. The van der Waals surface area contributed by atoms with Gasteiger partial charge in [-0.05, 0) is 37.5 Å². The molecule has 4 heterocycles. The number of hydrogen-bond donors (Lipinski definition) is 0. The van der Waals surface area contributed by atoms with Gasteiger partial charge in [0, 0.05) is 30.3 Å². The molecule has 0 aliphatic carbocycles. The van der Waals surface area contributed by atoms with E-state index in [4.69, 9.17) is 0 Å². The van der Waals surface area contributed by atoms with Crippen LogP contribution in [0, 0.1) is 12.8 Å². The summed E-state index contributed by atoms with van der Waals surface area (Å²) in [5.41, 5.74) is -1.20. The molecule has 12 heteroatoms. The van der Waals surface area contributed by atoms with Crippen LogP contribution in [-0.2, 0) is 6.18 Å². The number of piperidine rings is 1. The molecule has 0 N–H and O–H groups in total. The molecule has 0 bridgehead atoms. The molecule has 32 heavy (non-hydrogen) atoms. The standard InChI is InChI=1S/C20H19F5N6O/c1-10-3-4-30(18(32)12-5-11(2)28-16(6-12)20(23,24)25)8-13(10)15-7-14(17(21)22)29-19-26-9-27-31(15)19/h5-7,9-10,13,17H,3-4,8H2,1-2H3/t10-,13-/m1/s1. The van der Waals surface area contributed by atoms with E-state index in [0.717, 1.165) is 6.07 Å². The van der Waals surface area contributed by atoms with E-state index in [1.54, 1.807) is 0 Å². The van der Waals surface area contributed by atoms with E-state index in [2.05, 4.69) is 20.1 Å². The van der Waals surface area contributed by atoms with Crippen LogP contribution in [-0.4, -0.2) is 48.5 Å². The van der Waals surface area contributed by atoms with E-state index in [1.807, 2.05) is 6.92 Å². The molecule has 7 nitrogen and oxygen atoms in total. The Hall–Kier alpha value is -3.18. The Labute approximate surface area is 179 Å². The van der Waals surface area contributed by atoms with E-state index in [-0.39, 0.29) is 35.4 Å². The molecule has 1 amide bonds. The number of pyridine rings is 1. The molecule has 0 radical (unpaired) electrons. The van der Waals surface area contributed by atoms with Crippen LogP contribution in [0.1, 0.15) is 58.8 Å². The first kappa shape index (κ1) is 22.0. The zero-order chi connectivity index (χ0) is 23.2. The van der Waals surface area contributed by atoms with E-state index in [0.29, 0.717) is 18.7 Å². The quantitative estimate of drug-likeness (QED) is 0.558. The first-order chi connectivity index (χ1) is 15.0. The summed E-state index contributed by atoms with van der Waals surface area (Å²) in [4.78, 5) is 25.7. The average Bonchev–Trinajstić information content (AvgIpc) is 3.20. The van der Waals surface area contributed by atoms with Crippen molar-refractivity contribution in [2.45, 2.75) is 38.8 Å². The molecule has 0 aromatic carbocycles. The Bertz CT molecular complexity index is 1160. The van der Waals surface area contributed by atoms with Crippen LogP contribution in [0.15, 0.2) is 24.5 Å². The number of aromatic nitrogens is 5. The SMILES string of the molecule is Cc1cc(C(=O)N2CC[C@@H](C)[C@H](c3cc(C(F)F)nc4ncnn34)C2)cc(C(F)(F)F)n1. The second kappa shape index (κ2) is 8.06. The van der Waals surface area contributed by atoms with Gasteiger partial charge in [0.05, 0.1) is 5.69 Å². The van der Waals surface area contributed by atoms with Gasteiger partial charge in [-0.25, -0.2) is 23.3 Å². The molecule has 0 saturated carbocycles. The summed E-state index contributed by atoms with van der Waals surface area (Å²) in [5, 5.41) is 4.07. The van der Waals surface area contributed by atoms with Crippen molar-refractivity contribution in [3.05, 3.63) is 52.9 Å². The Morgan fingerprint density at radius 2 is 1.94 bits per heavy atom. The molecular weight excluding hydrogens is 435 g/mol. The van der Waals surface area contributed by atoms with Gasteiger partial charge in [-0.1, -0.05) is 6.92 Å². The summed E-state index contributed by atoms with van der Waals surface area (Å²) < 4.78 is 67.5. The molecule has 1 aliphatic rings. The van der Waals surface area contributed by atoms with E-state index in [9.17, 15) is 26.7 Å². The van der Waals surface area contributed by atoms with E-state index in [1.165, 1.54) is 34.8 Å². The fourth-order valence-electron chi connectivity index (χ4n) is 3.99. The number of alkyl halides is 5. The van der Waals surface area contributed by atoms with Gasteiger partial charge in [-0.15, -0.1) is 0 Å². The highest BCUT2D eigenvalue weighted by atomic mass is 19.4. The summed E-state index contributed by atoms with van der Waals surface area (Å²) in [6.45, 7) is 3.77. The summed E-state index contributed by atoms with van der Waals surface area (Å²) in [6, 6.07) is 3.29. The normalized spacial score (nSPS) is 19.7. The lowest BCUT2D eigenvalue weighted by Gasteiger charge is -2.37. The van der Waals surface area contributed by atoms with Gasteiger partial charge >= 0.3 is 6.18 Å². The van der Waals surface area contributed by atoms with Crippen LogP contribution in [0.4, 0.5) is 22.0 Å². The number of likely N-dealkylation sites (tertiary alicyclic amines) is 1. The number of hydrogen-bond acceptors (Lipinski definition) is 5. The molecule has 1 aliphatic heterocycles. The zero-order valence-electron chi connectivity index (χ0n) is 17.1. The molecule has 170 valence electrons. The van der Waals surface area contributed by atoms with Crippen molar-refractivity contribution in [1.29, 1.82) is 0 Å². The van der Waals surface area contributed by atoms with Crippen molar-refractivity contribution in [1.82, 2.24) is 29.5 Å². The Morgan fingerprint density at radius 3 is 2.62 bits per heavy atom. The van der Waals surface area contributed by atoms with Crippen LogP contribution >= 0.6 is 0 Å². The first-order valence-corrected chi connectivity index (χ1v) is 9.88. The maximum Gasteiger partial charge on any atom is 0.433 e. The smallest absolute Gasteiger partial charge is 0.338 e. The third kappa shape index (κ3) is 4.13. The van der Waals surface area contributed by atoms with Gasteiger partial charge in [0.25, 0.3) is 18.1 Å². The second-order valence-corrected chi connectivity index (χ2v) is 7.88. The van der Waals surface area contributed by atoms with Crippen LogP contribution in [0.5, 0.6) is 0 Å². The summed E-state index contributed by atoms with van der Waals surface area (Å²) >= 11 is 0. The number of nitrogens with zero attached hydrogens (tertiary/aromatic N) is 6. The number of amides is 1. The van der Waals surface area contributed by atoms with Crippen LogP contribution in [0.25, 0.3) is 5.78 Å². The van der Waals surface area contributed by atoms with Crippen molar-refractivity contribution >= 4 is 11.7 Å². The Morgan fingerprint density at radius 1 is 1.19 bits per heavy atom. The van der Waals surface area contributed by atoms with Crippen molar-refractivity contribution < 1.29 is 26.7 Å². The minimum absolute atomic E-state index is 0.00397. The zero-order valence-corrected chi connectivity index (χ0v) is 17.1. The van der Waals surface area contributed by atoms with Crippen molar-refractivity contribution in [3.63, 3.8) is 0 Å². The Balaban J connectivity index is 1.68. The number of halogens is 5. The average molecular weight is 454 g/mol. The first-order valence-electron chi connectivity index (χ1n) is 9.88. The lowest BCUT2D eigenvalue weighted by atomic mass is 9.84. The molecule has 0 spiro atoms. The summed E-state index contributed by atoms with van der Waals surface area (Å²) in [5.74, 6) is -0.935. The Kier molecular flexibility index (Phi) is 5.55. The fraction of sp³-hybridized carbons (Fsp3) is 0.450. The predicted octanol–water partition coefficient (Wildman–Crippen LogP) is 4.05. The van der Waals surface area contributed by atoms with Gasteiger partial charge in [-0.2, -0.15) is 23.3 Å². The topological polar surface area (TPSA) is 76.3 Å². The lowest BCUT2D eigenvalue weighted by Crippen LogP contribution is -2.42. The van der Waals surface area contributed by atoms with Gasteiger partial charge in [0.1, 0.15) is 17.7 Å². The molecule has 1 saturated heterocycles. The lowest BCUT2D eigenvalue weighted by molar-refractivity contribution is -0.141. The number of rotatable bonds is 3. The number of carbonyl (C=O) groups excluding carboxylic acids is 1. The molecule has 1 fully saturated rings. The van der Waals surface area contributed by atoms with Gasteiger partial charge in [-0.3, -0.25) is 4.79 Å². The second-order valence-electron chi connectivity index (χ2n) is 7.88. The molecule has 3 aromatic rings. The van der Waals surface area contributed by atoms with Crippen molar-refractivity contribution in [2.24, 2.45) is 5.92 Å². The molecular formula is C20H19F5N6O. The van der Waals surface area contributed by atoms with Crippen LogP contribution < -0.4 is 0 Å². The molecule has 0 unspecified atom stereocenters. The molecule has 3 aromatic heterocycles. The summed E-state index contributed by atoms with van der Waals surface area (Å²) in [7, 11) is 0. The number of carbonyl (C=O) groups is 1. The van der Waals surface area contributed by atoms with Crippen molar-refractivity contribution in [2.75, 3.05) is 13.1 Å². The van der Waals surface area contributed by atoms with E-state index >= 15 is 0 Å². The third-order valence-electron chi connectivity index (χ3n) is 5.64. The summed E-state index contributed by atoms with van der Waals surface area (Å²) in [6.07, 6.45) is -5.75. The van der Waals surface area contributed by atoms with E-state index < -0.39 is 29.9 Å². The van der Waals surface area contributed by atoms with Crippen LogP contribution in [0.3, 0.4) is 0 Å². The minimum Gasteiger partial charge on any atom is -0.338 e. The largest absolute Gasteiger partial charge is 0.433 e. The van der Waals surface area contributed by atoms with Crippen molar-refractivity contribution in [3.8, 4) is 0 Å². The van der Waals surface area contributed by atoms with Gasteiger partial charge in [0.15, 0.2) is 0 Å². The monoisotopic (exact) mass is 454 g/mol. The van der Waals surface area contributed by atoms with Crippen LogP contribution in [0.2, 0.25) is 0 Å². The highest BCUT2D eigenvalue weighted by molar-refractivity contribution is 5.94. The van der Waals surface area contributed by atoms with Gasteiger partial charge < -0.3 is 4.90 Å². The molecule has 4 rings (SSSR count). The van der Waals surface area contributed by atoms with Gasteiger partial charge in [0.2, 0.25) is 0 Å².